The summed E-state index contributed by atoms with van der Waals surface area (Å²) >= 11 is -8.73. The predicted octanol–water partition coefficient (Wildman–Crippen LogP) is 9.54. The first-order valence-corrected chi connectivity index (χ1v) is 33.3. The predicted molar refractivity (Wildman–Crippen MR) is 272 cm³/mol. The summed E-state index contributed by atoms with van der Waals surface area (Å²) in [5, 5.41) is 0. The van der Waals surface area contributed by atoms with Gasteiger partial charge in [-0.25, -0.2) is 0 Å². The second kappa shape index (κ2) is 15.7. The molecule has 0 fully saturated rings. The molecule has 0 aliphatic carbocycles. The second-order valence-corrected chi connectivity index (χ2v) is 38.1. The van der Waals surface area contributed by atoms with Crippen molar-refractivity contribution in [3.05, 3.63) is 261 Å². The Balaban J connectivity index is 1.33. The number of rotatable bonds is 7. The summed E-state index contributed by atoms with van der Waals surface area (Å²) in [6.07, 6.45) is 0. The summed E-state index contributed by atoms with van der Waals surface area (Å²) in [6, 6.07) is 99.8. The summed E-state index contributed by atoms with van der Waals surface area (Å²) < 4.78 is 11.8. The molecule has 0 N–H and O–H groups in total. The topological polar surface area (TPSA) is 3.24 Å². The third kappa shape index (κ3) is 5.97. The first-order valence-electron chi connectivity index (χ1n) is 21.9. The van der Waals surface area contributed by atoms with Crippen LogP contribution in [0.1, 0.15) is 0 Å². The Morgan fingerprint density at radius 3 is 0.810 bits per heavy atom. The van der Waals surface area contributed by atoms with Crippen LogP contribution in [0, 0.1) is 0 Å². The van der Waals surface area contributed by atoms with Crippen LogP contribution < -0.4 is 33.5 Å². The zero-order valence-corrected chi connectivity index (χ0v) is 40.5. The SMILES string of the molecule is c1ccc(-c2ccc3[c](c2)[Sn]([c]2ccccc2)([c]2ccccc2)[c]2cc(-c4ccccc4)c[c]4c2N3c2ccc(-c3ccccc3)c[c]2[Sn]4([c]2ccccc2)[c]2ccccc2)cc1. The van der Waals surface area contributed by atoms with Crippen molar-refractivity contribution in [2.24, 2.45) is 0 Å². The van der Waals surface area contributed by atoms with E-state index >= 15 is 0 Å². The van der Waals surface area contributed by atoms with Crippen LogP contribution in [-0.4, -0.2) is 36.8 Å². The third-order valence-corrected chi connectivity index (χ3v) is 41.0. The van der Waals surface area contributed by atoms with E-state index in [-0.39, 0.29) is 0 Å². The van der Waals surface area contributed by atoms with Gasteiger partial charge in [0.2, 0.25) is 0 Å². The molecule has 1 nitrogen and oxygen atoms in total. The zero-order chi connectivity index (χ0) is 41.8. The van der Waals surface area contributed by atoms with Crippen molar-refractivity contribution in [1.82, 2.24) is 0 Å². The number of benzene rings is 10. The first-order chi connectivity index (χ1) is 31.3. The Morgan fingerprint density at radius 2 is 0.492 bits per heavy atom. The van der Waals surface area contributed by atoms with E-state index < -0.39 is 36.8 Å². The van der Waals surface area contributed by atoms with Gasteiger partial charge < -0.3 is 0 Å². The average Bonchev–Trinajstić information content (AvgIpc) is 3.38. The minimum atomic E-state index is -4.37. The third-order valence-electron chi connectivity index (χ3n) is 13.6. The van der Waals surface area contributed by atoms with Crippen LogP contribution in [-0.2, 0) is 0 Å². The monoisotopic (exact) mass is 1020 g/mol. The molecule has 0 unspecified atom stereocenters. The van der Waals surface area contributed by atoms with Gasteiger partial charge in [-0.2, -0.15) is 0 Å². The van der Waals surface area contributed by atoms with Gasteiger partial charge in [0, 0.05) is 0 Å². The molecule has 0 amide bonds. The van der Waals surface area contributed by atoms with E-state index in [1.807, 2.05) is 0 Å². The van der Waals surface area contributed by atoms with Gasteiger partial charge in [-0.1, -0.05) is 0 Å². The average molecular weight is 1020 g/mol. The van der Waals surface area contributed by atoms with Crippen LogP contribution in [0.5, 0.6) is 0 Å². The Labute approximate surface area is 378 Å². The molecule has 0 saturated heterocycles. The Hall–Kier alpha value is -6.40. The molecule has 3 heteroatoms. The van der Waals surface area contributed by atoms with E-state index in [0.717, 1.165) is 0 Å². The van der Waals surface area contributed by atoms with Crippen molar-refractivity contribution in [2.75, 3.05) is 4.90 Å². The Bertz CT molecular complexity index is 2970. The number of fused-ring (bicyclic) bond motifs is 4. The molecule has 10 aromatic carbocycles. The van der Waals surface area contributed by atoms with E-state index in [1.54, 1.807) is 0 Å². The maximum atomic E-state index is 2.72. The van der Waals surface area contributed by atoms with Crippen LogP contribution in [0.25, 0.3) is 33.4 Å². The molecule has 2 aliphatic rings. The van der Waals surface area contributed by atoms with Crippen LogP contribution in [0.4, 0.5) is 17.1 Å². The van der Waals surface area contributed by atoms with Crippen LogP contribution >= 0.6 is 0 Å². The molecular weight excluding hydrogens is 972 g/mol. The van der Waals surface area contributed by atoms with E-state index in [0.29, 0.717) is 0 Å². The molecule has 296 valence electrons. The van der Waals surface area contributed by atoms with E-state index in [4.69, 9.17) is 0 Å². The van der Waals surface area contributed by atoms with Gasteiger partial charge in [-0.3, -0.25) is 0 Å². The summed E-state index contributed by atoms with van der Waals surface area (Å²) in [5.74, 6) is 0. The summed E-state index contributed by atoms with van der Waals surface area (Å²) in [6.45, 7) is 0. The van der Waals surface area contributed by atoms with E-state index in [1.165, 1.54) is 79.1 Å². The van der Waals surface area contributed by atoms with Crippen molar-refractivity contribution >= 4 is 82.5 Å². The van der Waals surface area contributed by atoms with Crippen molar-refractivity contribution in [2.45, 2.75) is 0 Å². The standard InChI is InChI=1S/C36H23N.4C6H5.2Sn/c1-4-10-28(11-5-1)31-16-22-34(23-17-31)37(35-24-18-32(19-25-35)29-12-6-2-7-13-29)36-26-20-33(21-27-36)30-14-8-3-9-15-30;4*1-2-4-6-5-3-1;;/h1-22,24H;4*1-5H;;. The number of hydrogen-bond acceptors (Lipinski definition) is 1. The molecular formula is C60H43NSn2. The van der Waals surface area contributed by atoms with E-state index in [2.05, 4.69) is 266 Å². The molecule has 0 spiro atoms. The Kier molecular flexibility index (Phi) is 9.57. The minimum absolute atomic E-state index is 1.24. The van der Waals surface area contributed by atoms with Gasteiger partial charge in [0.05, 0.1) is 0 Å². The normalized spacial score (nSPS) is 13.9. The molecule has 10 aromatic rings. The van der Waals surface area contributed by atoms with Gasteiger partial charge in [0.15, 0.2) is 0 Å². The second-order valence-electron chi connectivity index (χ2n) is 16.8. The van der Waals surface area contributed by atoms with Crippen LogP contribution in [0.3, 0.4) is 0 Å². The summed E-state index contributed by atoms with van der Waals surface area (Å²) in [7, 11) is 0. The van der Waals surface area contributed by atoms with Gasteiger partial charge in [-0.15, -0.1) is 0 Å². The maximum absolute atomic E-state index is 4.37. The fourth-order valence-electron chi connectivity index (χ4n) is 10.9. The molecule has 2 aliphatic heterocycles. The molecule has 0 saturated carbocycles. The van der Waals surface area contributed by atoms with Crippen molar-refractivity contribution in [3.8, 4) is 33.4 Å². The van der Waals surface area contributed by atoms with E-state index in [9.17, 15) is 0 Å². The number of hydrogen-bond donors (Lipinski definition) is 0. The zero-order valence-electron chi connectivity index (χ0n) is 34.8. The van der Waals surface area contributed by atoms with Gasteiger partial charge >= 0.3 is 382 Å². The number of nitrogens with zero attached hydrogens (tertiary/aromatic N) is 1. The molecule has 0 bridgehead atoms. The molecule has 0 aromatic heterocycles. The Morgan fingerprint density at radius 1 is 0.222 bits per heavy atom. The van der Waals surface area contributed by atoms with Crippen molar-refractivity contribution in [3.63, 3.8) is 0 Å². The summed E-state index contributed by atoms with van der Waals surface area (Å²) in [4.78, 5) is 2.72. The van der Waals surface area contributed by atoms with Gasteiger partial charge in [0.1, 0.15) is 0 Å². The fraction of sp³-hybridized carbons (Fsp3) is 0. The van der Waals surface area contributed by atoms with Crippen molar-refractivity contribution in [1.29, 1.82) is 0 Å². The fourth-order valence-corrected chi connectivity index (χ4v) is 41.5. The van der Waals surface area contributed by atoms with Crippen LogP contribution in [0.15, 0.2) is 261 Å². The summed E-state index contributed by atoms with van der Waals surface area (Å²) in [5.41, 5.74) is 11.5. The van der Waals surface area contributed by atoms with Gasteiger partial charge in [0.25, 0.3) is 0 Å². The van der Waals surface area contributed by atoms with Crippen molar-refractivity contribution < 1.29 is 0 Å². The first kappa shape index (κ1) is 38.3. The molecule has 63 heavy (non-hydrogen) atoms. The van der Waals surface area contributed by atoms with Crippen LogP contribution in [0.2, 0.25) is 0 Å². The molecule has 2 heterocycles. The number of anilines is 3. The quantitative estimate of drug-likeness (QED) is 0.144. The molecule has 12 rings (SSSR count). The van der Waals surface area contributed by atoms with Gasteiger partial charge in [-0.05, 0) is 0 Å². The molecule has 0 atom stereocenters. The molecule has 0 radical (unpaired) electrons.